The van der Waals surface area contributed by atoms with Crippen LogP contribution in [-0.2, 0) is 40.1 Å². The smallest absolute Gasteiger partial charge is 0.408 e. The number of carbonyl (C=O) groups excluding carboxylic acids is 6. The SMILES string of the molecule is CCCCOC(=O)CC[C@H](NC(=O)[C@@H](NC(=O)OCc1ccccc1)[C@@H](C)CC)C(=O)N[C@@H](C)C(=O)N[C@H](C=O)CC(C)C. The van der Waals surface area contributed by atoms with Gasteiger partial charge in [-0.3, -0.25) is 19.2 Å². The van der Waals surface area contributed by atoms with Gasteiger partial charge in [-0.1, -0.05) is 77.8 Å². The van der Waals surface area contributed by atoms with Crippen molar-refractivity contribution in [3.63, 3.8) is 0 Å². The third kappa shape index (κ3) is 15.0. The molecule has 12 heteroatoms. The molecule has 1 aromatic carbocycles. The maximum absolute atomic E-state index is 13.4. The number of rotatable bonds is 20. The Hall–Kier alpha value is -3.96. The van der Waals surface area contributed by atoms with Crippen molar-refractivity contribution >= 4 is 36.1 Å². The van der Waals surface area contributed by atoms with Crippen molar-refractivity contribution in [3.8, 4) is 0 Å². The van der Waals surface area contributed by atoms with Crippen LogP contribution in [0.5, 0.6) is 0 Å². The normalized spacial score (nSPS) is 14.2. The van der Waals surface area contributed by atoms with Gasteiger partial charge < -0.3 is 35.5 Å². The average molecular weight is 619 g/mol. The molecule has 0 heterocycles. The second-order valence-corrected chi connectivity index (χ2v) is 11.4. The first-order valence-electron chi connectivity index (χ1n) is 15.4. The first-order valence-corrected chi connectivity index (χ1v) is 15.4. The quantitative estimate of drug-likeness (QED) is 0.0981. The fourth-order valence-corrected chi connectivity index (χ4v) is 4.13. The van der Waals surface area contributed by atoms with Gasteiger partial charge >= 0.3 is 12.1 Å². The van der Waals surface area contributed by atoms with Crippen LogP contribution in [0.4, 0.5) is 4.79 Å². The molecule has 12 nitrogen and oxygen atoms in total. The molecule has 0 fully saturated rings. The van der Waals surface area contributed by atoms with Gasteiger partial charge in [0.05, 0.1) is 12.6 Å². The molecule has 246 valence electrons. The molecule has 4 N–H and O–H groups in total. The van der Waals surface area contributed by atoms with E-state index in [-0.39, 0.29) is 37.9 Å². The molecule has 0 spiro atoms. The highest BCUT2D eigenvalue weighted by molar-refractivity contribution is 5.94. The van der Waals surface area contributed by atoms with E-state index in [4.69, 9.17) is 9.47 Å². The van der Waals surface area contributed by atoms with Gasteiger partial charge in [-0.15, -0.1) is 0 Å². The molecule has 0 radical (unpaired) electrons. The number of benzene rings is 1. The fourth-order valence-electron chi connectivity index (χ4n) is 4.13. The zero-order chi connectivity index (χ0) is 33.1. The molecule has 0 aliphatic heterocycles. The van der Waals surface area contributed by atoms with Gasteiger partial charge in [0.25, 0.3) is 0 Å². The number of unbranched alkanes of at least 4 members (excludes halogenated alkanes) is 1. The number of amides is 4. The number of esters is 1. The summed E-state index contributed by atoms with van der Waals surface area (Å²) in [5, 5.41) is 10.4. The van der Waals surface area contributed by atoms with Crippen molar-refractivity contribution in [2.24, 2.45) is 11.8 Å². The largest absolute Gasteiger partial charge is 0.466 e. The lowest BCUT2D eigenvalue weighted by atomic mass is 9.97. The van der Waals surface area contributed by atoms with Crippen molar-refractivity contribution in [3.05, 3.63) is 35.9 Å². The third-order valence-corrected chi connectivity index (χ3v) is 6.98. The molecule has 5 atom stereocenters. The number of hydrogen-bond acceptors (Lipinski definition) is 8. The van der Waals surface area contributed by atoms with Gasteiger partial charge in [0.15, 0.2) is 0 Å². The Bertz CT molecular complexity index is 1070. The molecular formula is C32H50N4O8. The van der Waals surface area contributed by atoms with Crippen LogP contribution in [0.25, 0.3) is 0 Å². The fraction of sp³-hybridized carbons (Fsp3) is 0.625. The second-order valence-electron chi connectivity index (χ2n) is 11.4. The summed E-state index contributed by atoms with van der Waals surface area (Å²) < 4.78 is 10.5. The van der Waals surface area contributed by atoms with Crippen molar-refractivity contribution in [1.82, 2.24) is 21.3 Å². The van der Waals surface area contributed by atoms with Crippen LogP contribution in [0.15, 0.2) is 30.3 Å². The standard InChI is InChI=1S/C32H50N4O8/c1-7-9-17-43-27(38)16-15-26(30(40)33-23(6)29(39)34-25(19-37)18-21(3)4)35-31(41)28(22(5)8-2)36-32(42)44-20-24-13-11-10-12-14-24/h10-14,19,21-23,25-26,28H,7-9,15-18,20H2,1-6H3,(H,33,40)(H,34,39)(H,35,41)(H,36,42)/t22-,23-,25-,26-,28-/m0/s1. The summed E-state index contributed by atoms with van der Waals surface area (Å²) in [6.45, 7) is 11.1. The van der Waals surface area contributed by atoms with Crippen LogP contribution in [0.2, 0.25) is 0 Å². The predicted molar refractivity (Wildman–Crippen MR) is 165 cm³/mol. The van der Waals surface area contributed by atoms with E-state index in [9.17, 15) is 28.8 Å². The molecule has 0 saturated heterocycles. The lowest BCUT2D eigenvalue weighted by molar-refractivity contribution is -0.144. The average Bonchev–Trinajstić information content (AvgIpc) is 3.00. The van der Waals surface area contributed by atoms with E-state index in [0.717, 1.165) is 12.0 Å². The highest BCUT2D eigenvalue weighted by Crippen LogP contribution is 2.11. The van der Waals surface area contributed by atoms with E-state index >= 15 is 0 Å². The number of nitrogens with one attached hydrogen (secondary N) is 4. The monoisotopic (exact) mass is 618 g/mol. The predicted octanol–water partition coefficient (Wildman–Crippen LogP) is 3.17. The van der Waals surface area contributed by atoms with Crippen LogP contribution < -0.4 is 21.3 Å². The molecule has 0 aliphatic carbocycles. The molecule has 0 unspecified atom stereocenters. The molecule has 1 rings (SSSR count). The second kappa shape index (κ2) is 20.9. The minimum Gasteiger partial charge on any atom is -0.466 e. The van der Waals surface area contributed by atoms with Gasteiger partial charge in [-0.05, 0) is 43.6 Å². The summed E-state index contributed by atoms with van der Waals surface area (Å²) in [5.74, 6) is -2.61. The molecule has 4 amide bonds. The maximum atomic E-state index is 13.4. The zero-order valence-corrected chi connectivity index (χ0v) is 26.9. The summed E-state index contributed by atoms with van der Waals surface area (Å²) in [7, 11) is 0. The minimum atomic E-state index is -1.22. The Morgan fingerprint density at radius 2 is 1.52 bits per heavy atom. The van der Waals surface area contributed by atoms with Gasteiger partial charge in [-0.25, -0.2) is 4.79 Å². The highest BCUT2D eigenvalue weighted by Gasteiger charge is 2.32. The first kappa shape index (κ1) is 38.1. The van der Waals surface area contributed by atoms with Crippen molar-refractivity contribution in [2.45, 2.75) is 111 Å². The summed E-state index contributed by atoms with van der Waals surface area (Å²) >= 11 is 0. The Morgan fingerprint density at radius 3 is 2.11 bits per heavy atom. The van der Waals surface area contributed by atoms with Crippen LogP contribution in [0.3, 0.4) is 0 Å². The van der Waals surface area contributed by atoms with Crippen molar-refractivity contribution < 1.29 is 38.2 Å². The highest BCUT2D eigenvalue weighted by atomic mass is 16.5. The lowest BCUT2D eigenvalue weighted by Gasteiger charge is -2.27. The first-order chi connectivity index (χ1) is 20.9. The number of alkyl carbamates (subject to hydrolysis) is 1. The van der Waals surface area contributed by atoms with E-state index < -0.39 is 54.0 Å². The summed E-state index contributed by atoms with van der Waals surface area (Å²) in [6, 6.07) is 5.06. The van der Waals surface area contributed by atoms with Crippen LogP contribution in [-0.4, -0.2) is 66.8 Å². The molecule has 1 aromatic rings. The Kier molecular flexibility index (Phi) is 18.0. The molecule has 0 saturated carbocycles. The van der Waals surface area contributed by atoms with Gasteiger partial charge in [0.1, 0.15) is 31.0 Å². The Labute approximate surface area is 260 Å². The number of carbonyl (C=O) groups is 6. The summed E-state index contributed by atoms with van der Waals surface area (Å²) in [4.78, 5) is 75.7. The van der Waals surface area contributed by atoms with E-state index in [2.05, 4.69) is 21.3 Å². The molecule has 0 aromatic heterocycles. The van der Waals surface area contributed by atoms with E-state index in [1.807, 2.05) is 45.9 Å². The molecule has 0 aliphatic rings. The third-order valence-electron chi connectivity index (χ3n) is 6.98. The number of ether oxygens (including phenoxy) is 2. The van der Waals surface area contributed by atoms with Crippen LogP contribution in [0, 0.1) is 11.8 Å². The van der Waals surface area contributed by atoms with Crippen molar-refractivity contribution in [1.29, 1.82) is 0 Å². The van der Waals surface area contributed by atoms with Gasteiger partial charge in [0, 0.05) is 6.42 Å². The summed E-state index contributed by atoms with van der Waals surface area (Å²) in [6.07, 6.45) is 2.08. The van der Waals surface area contributed by atoms with Gasteiger partial charge in [0.2, 0.25) is 17.7 Å². The van der Waals surface area contributed by atoms with Crippen LogP contribution in [0.1, 0.15) is 85.6 Å². The maximum Gasteiger partial charge on any atom is 0.408 e. The number of aldehydes is 1. The topological polar surface area (TPSA) is 169 Å². The Morgan fingerprint density at radius 1 is 0.841 bits per heavy atom. The number of hydrogen-bond donors (Lipinski definition) is 4. The Balaban J connectivity index is 3.00. The summed E-state index contributed by atoms with van der Waals surface area (Å²) in [5.41, 5.74) is 0.775. The van der Waals surface area contributed by atoms with Gasteiger partial charge in [-0.2, -0.15) is 0 Å². The molecule has 0 bridgehead atoms. The van der Waals surface area contributed by atoms with Crippen LogP contribution >= 0.6 is 0 Å². The van der Waals surface area contributed by atoms with Crippen molar-refractivity contribution in [2.75, 3.05) is 6.61 Å². The zero-order valence-electron chi connectivity index (χ0n) is 26.9. The minimum absolute atomic E-state index is 0.00870. The lowest BCUT2D eigenvalue weighted by Crippen LogP contribution is -2.58. The molecular weight excluding hydrogens is 568 g/mol. The van der Waals surface area contributed by atoms with E-state index in [0.29, 0.717) is 25.5 Å². The van der Waals surface area contributed by atoms with E-state index in [1.54, 1.807) is 19.1 Å². The van der Waals surface area contributed by atoms with E-state index in [1.165, 1.54) is 6.92 Å². The molecule has 44 heavy (non-hydrogen) atoms.